The van der Waals surface area contributed by atoms with Crippen LogP contribution in [0.2, 0.25) is 0 Å². The van der Waals surface area contributed by atoms with E-state index >= 15 is 0 Å². The number of hydrogen-bond donors (Lipinski definition) is 1. The fourth-order valence-electron chi connectivity index (χ4n) is 2.56. The van der Waals surface area contributed by atoms with E-state index in [2.05, 4.69) is 12.2 Å². The van der Waals surface area contributed by atoms with E-state index in [-0.39, 0.29) is 0 Å². The van der Waals surface area contributed by atoms with E-state index in [1.807, 2.05) is 0 Å². The summed E-state index contributed by atoms with van der Waals surface area (Å²) in [5.74, 6) is 0.665. The summed E-state index contributed by atoms with van der Waals surface area (Å²) in [5, 5.41) is 2.97. The van der Waals surface area contributed by atoms with Gasteiger partial charge in [0.25, 0.3) is 0 Å². The summed E-state index contributed by atoms with van der Waals surface area (Å²) < 4.78 is 0. The first-order valence-electron chi connectivity index (χ1n) is 4.53. The van der Waals surface area contributed by atoms with E-state index in [1.54, 1.807) is 0 Å². The zero-order chi connectivity index (χ0) is 7.90. The van der Waals surface area contributed by atoms with Crippen LogP contribution in [0.3, 0.4) is 0 Å². The number of fused-ring (bicyclic) bond motifs is 2. The highest BCUT2D eigenvalue weighted by Crippen LogP contribution is 2.51. The molecule has 3 fully saturated rings. The molecule has 2 aliphatic heterocycles. The van der Waals surface area contributed by atoms with Crippen molar-refractivity contribution in [1.82, 2.24) is 5.32 Å². The molecule has 3 rings (SSSR count). The van der Waals surface area contributed by atoms with Gasteiger partial charge < -0.3 is 5.32 Å². The quantitative estimate of drug-likeness (QED) is 0.636. The van der Waals surface area contributed by atoms with Crippen LogP contribution in [0.5, 0.6) is 0 Å². The Morgan fingerprint density at radius 1 is 1.64 bits per heavy atom. The molecule has 2 bridgehead atoms. The van der Waals surface area contributed by atoms with E-state index in [0.717, 1.165) is 19.4 Å². The molecule has 0 spiro atoms. The van der Waals surface area contributed by atoms with E-state index in [0.29, 0.717) is 17.2 Å². The second-order valence-electron chi connectivity index (χ2n) is 4.07. The summed E-state index contributed by atoms with van der Waals surface area (Å²) in [6, 6.07) is 0. The first-order valence-corrected chi connectivity index (χ1v) is 4.53. The van der Waals surface area contributed by atoms with Crippen molar-refractivity contribution < 1.29 is 4.79 Å². The van der Waals surface area contributed by atoms with Crippen molar-refractivity contribution in [2.75, 3.05) is 6.54 Å². The molecule has 62 valence electrons. The Balaban J connectivity index is 1.98. The molecule has 0 unspecified atom stereocenters. The number of rotatable bonds is 2. The van der Waals surface area contributed by atoms with Crippen LogP contribution in [0, 0.1) is 11.3 Å². The van der Waals surface area contributed by atoms with Crippen molar-refractivity contribution in [3.63, 3.8) is 0 Å². The second kappa shape index (κ2) is 2.23. The second-order valence-corrected chi connectivity index (χ2v) is 4.07. The van der Waals surface area contributed by atoms with Gasteiger partial charge in [0, 0.05) is 12.5 Å². The third kappa shape index (κ3) is 0.959. The highest BCUT2D eigenvalue weighted by atomic mass is 16.2. The van der Waals surface area contributed by atoms with Crippen LogP contribution in [0.15, 0.2) is 0 Å². The number of carbonyl (C=O) groups is 1. The normalized spacial score (nSPS) is 41.2. The summed E-state index contributed by atoms with van der Waals surface area (Å²) in [4.78, 5) is 11.1. The van der Waals surface area contributed by atoms with Gasteiger partial charge in [-0.1, -0.05) is 13.3 Å². The van der Waals surface area contributed by atoms with Crippen LogP contribution in [0.1, 0.15) is 32.6 Å². The van der Waals surface area contributed by atoms with Gasteiger partial charge in [-0.05, 0) is 24.7 Å². The number of amides is 1. The first kappa shape index (κ1) is 7.14. The minimum Gasteiger partial charge on any atom is -0.355 e. The largest absolute Gasteiger partial charge is 0.355 e. The summed E-state index contributed by atoms with van der Waals surface area (Å²) in [5.41, 5.74) is 0.521. The SMILES string of the molecule is CCCC12CNC(=O)C(C1)C2. The Kier molecular flexibility index (Phi) is 1.44. The lowest BCUT2D eigenvalue weighted by molar-refractivity contribution is -0.141. The minimum absolute atomic E-state index is 0.294. The van der Waals surface area contributed by atoms with E-state index in [1.165, 1.54) is 12.8 Å². The Hall–Kier alpha value is -0.530. The smallest absolute Gasteiger partial charge is 0.223 e. The van der Waals surface area contributed by atoms with Gasteiger partial charge in [-0.15, -0.1) is 0 Å². The molecule has 2 saturated heterocycles. The predicted molar refractivity (Wildman–Crippen MR) is 43.1 cm³/mol. The minimum atomic E-state index is 0.294. The molecule has 2 heterocycles. The maximum absolute atomic E-state index is 11.1. The summed E-state index contributed by atoms with van der Waals surface area (Å²) in [6.07, 6.45) is 4.87. The maximum Gasteiger partial charge on any atom is 0.223 e. The molecule has 0 radical (unpaired) electrons. The Bertz CT molecular complexity index is 176. The Morgan fingerprint density at radius 2 is 2.36 bits per heavy atom. The van der Waals surface area contributed by atoms with Gasteiger partial charge in [-0.25, -0.2) is 0 Å². The molecule has 2 heteroatoms. The van der Waals surface area contributed by atoms with Gasteiger partial charge >= 0.3 is 0 Å². The van der Waals surface area contributed by atoms with Crippen LogP contribution in [-0.4, -0.2) is 12.5 Å². The summed E-state index contributed by atoms with van der Waals surface area (Å²) >= 11 is 0. The van der Waals surface area contributed by atoms with Gasteiger partial charge in [-0.3, -0.25) is 4.79 Å². The van der Waals surface area contributed by atoms with Gasteiger partial charge in [0.2, 0.25) is 5.91 Å². The van der Waals surface area contributed by atoms with Gasteiger partial charge in [0.1, 0.15) is 0 Å². The molecule has 1 amide bonds. The monoisotopic (exact) mass is 153 g/mol. The molecule has 0 aromatic heterocycles. The lowest BCUT2D eigenvalue weighted by atomic mass is 9.57. The van der Waals surface area contributed by atoms with Crippen LogP contribution in [0.25, 0.3) is 0 Å². The van der Waals surface area contributed by atoms with Crippen LogP contribution in [0.4, 0.5) is 0 Å². The van der Waals surface area contributed by atoms with Gasteiger partial charge in [0.15, 0.2) is 0 Å². The number of piperidine rings is 2. The van der Waals surface area contributed by atoms with Crippen molar-refractivity contribution in [3.05, 3.63) is 0 Å². The maximum atomic E-state index is 11.1. The topological polar surface area (TPSA) is 29.1 Å². The van der Waals surface area contributed by atoms with Crippen molar-refractivity contribution in [1.29, 1.82) is 0 Å². The van der Waals surface area contributed by atoms with Crippen molar-refractivity contribution in [2.45, 2.75) is 32.6 Å². The first-order chi connectivity index (χ1) is 5.26. The van der Waals surface area contributed by atoms with Gasteiger partial charge in [-0.2, -0.15) is 0 Å². The molecule has 1 saturated carbocycles. The highest BCUT2D eigenvalue weighted by Gasteiger charge is 2.50. The van der Waals surface area contributed by atoms with E-state index < -0.39 is 0 Å². The molecular formula is C9H15NO. The Labute approximate surface area is 67.4 Å². The van der Waals surface area contributed by atoms with Crippen molar-refractivity contribution in [3.8, 4) is 0 Å². The molecule has 11 heavy (non-hydrogen) atoms. The lowest BCUT2D eigenvalue weighted by Crippen LogP contribution is -2.57. The van der Waals surface area contributed by atoms with Crippen LogP contribution in [-0.2, 0) is 4.79 Å². The zero-order valence-electron chi connectivity index (χ0n) is 7.02. The van der Waals surface area contributed by atoms with E-state index in [9.17, 15) is 4.79 Å². The van der Waals surface area contributed by atoms with Crippen LogP contribution >= 0.6 is 0 Å². The Morgan fingerprint density at radius 3 is 2.82 bits per heavy atom. The molecular weight excluding hydrogens is 138 g/mol. The summed E-state index contributed by atoms with van der Waals surface area (Å²) in [7, 11) is 0. The van der Waals surface area contributed by atoms with Crippen molar-refractivity contribution in [2.24, 2.45) is 11.3 Å². The van der Waals surface area contributed by atoms with Crippen LogP contribution < -0.4 is 5.32 Å². The third-order valence-electron chi connectivity index (χ3n) is 3.15. The van der Waals surface area contributed by atoms with Gasteiger partial charge in [0.05, 0.1) is 0 Å². The van der Waals surface area contributed by atoms with E-state index in [4.69, 9.17) is 0 Å². The average molecular weight is 153 g/mol. The third-order valence-corrected chi connectivity index (χ3v) is 3.15. The molecule has 1 N–H and O–H groups in total. The molecule has 1 aliphatic carbocycles. The summed E-state index contributed by atoms with van der Waals surface area (Å²) in [6.45, 7) is 3.16. The number of nitrogens with one attached hydrogen (secondary N) is 1. The fourth-order valence-corrected chi connectivity index (χ4v) is 2.56. The predicted octanol–water partition coefficient (Wildman–Crippen LogP) is 1.31. The standard InChI is InChI=1S/C9H15NO/c1-2-3-9-4-7(5-9)8(11)10-6-9/h7H,2-6H2,1H3,(H,10,11). The molecule has 3 aliphatic rings. The number of carbonyl (C=O) groups excluding carboxylic acids is 1. The highest BCUT2D eigenvalue weighted by molar-refractivity contribution is 5.81. The zero-order valence-corrected chi connectivity index (χ0v) is 7.02. The molecule has 0 aromatic carbocycles. The average Bonchev–Trinajstić information content (AvgIpc) is 1.91. The molecule has 0 aromatic rings. The molecule has 2 nitrogen and oxygen atoms in total. The fraction of sp³-hybridized carbons (Fsp3) is 0.889. The number of hydrogen-bond acceptors (Lipinski definition) is 1. The lowest BCUT2D eigenvalue weighted by Gasteiger charge is -2.51. The molecule has 0 atom stereocenters. The van der Waals surface area contributed by atoms with Crippen molar-refractivity contribution >= 4 is 5.91 Å².